The Morgan fingerprint density at radius 2 is 1.67 bits per heavy atom. The van der Waals surface area contributed by atoms with Gasteiger partial charge >= 0.3 is 0 Å². The Balaban J connectivity index is 2.19. The molecule has 0 bridgehead atoms. The van der Waals surface area contributed by atoms with Crippen LogP contribution in [0, 0.1) is 4.84 Å². The van der Waals surface area contributed by atoms with Gasteiger partial charge in [0, 0.05) is 5.56 Å². The van der Waals surface area contributed by atoms with E-state index in [0.29, 0.717) is 33.9 Å². The molecule has 1 heterocycles. The van der Waals surface area contributed by atoms with Crippen LogP contribution in [0.5, 0.6) is 17.2 Å². The number of carbonyl (C=O) groups is 1. The van der Waals surface area contributed by atoms with E-state index in [4.69, 9.17) is 30.8 Å². The summed E-state index contributed by atoms with van der Waals surface area (Å²) in [5, 5.41) is 0. The summed E-state index contributed by atoms with van der Waals surface area (Å²) in [7, 11) is 4.48. The zero-order valence-electron chi connectivity index (χ0n) is 13.4. The van der Waals surface area contributed by atoms with Gasteiger partial charge in [-0.15, -0.1) is 0 Å². The fourth-order valence-electron chi connectivity index (χ4n) is 2.49. The molecule has 3 aromatic rings. The zero-order valence-corrected chi connectivity index (χ0v) is 14.2. The first-order valence-electron chi connectivity index (χ1n) is 7.06. The lowest BCUT2D eigenvalue weighted by Crippen LogP contribution is -2.12. The van der Waals surface area contributed by atoms with Gasteiger partial charge in [0.25, 0.3) is 10.7 Å². The van der Waals surface area contributed by atoms with Crippen LogP contribution in [0.3, 0.4) is 0 Å². The molecular weight excluding hydrogens is 330 g/mol. The number of ether oxygens (including phenoxy) is 3. The maximum atomic E-state index is 13.0. The van der Waals surface area contributed by atoms with Crippen molar-refractivity contribution in [1.82, 2.24) is 4.57 Å². The maximum absolute atomic E-state index is 13.0. The smallest absolute Gasteiger partial charge is 0.276 e. The van der Waals surface area contributed by atoms with E-state index in [2.05, 4.69) is 0 Å². The molecule has 3 rings (SSSR count). The van der Waals surface area contributed by atoms with Crippen molar-refractivity contribution >= 4 is 29.2 Å². The largest absolute Gasteiger partial charge is 0.493 e. The SMILES string of the molecule is COc1cc(C(=O)n2c(=S)oc3ccccc32)cc(OC)c1OC. The number of rotatable bonds is 4. The normalized spacial score (nSPS) is 10.6. The second-order valence-electron chi connectivity index (χ2n) is 4.89. The van der Waals surface area contributed by atoms with Crippen LogP contribution in [-0.4, -0.2) is 31.8 Å². The molecule has 124 valence electrons. The van der Waals surface area contributed by atoms with Crippen molar-refractivity contribution in [3.05, 3.63) is 46.8 Å². The van der Waals surface area contributed by atoms with Crippen molar-refractivity contribution < 1.29 is 23.4 Å². The lowest BCUT2D eigenvalue weighted by molar-refractivity contribution is 0.0958. The first-order chi connectivity index (χ1) is 11.6. The number of hydrogen-bond acceptors (Lipinski definition) is 6. The number of fused-ring (bicyclic) bond motifs is 1. The van der Waals surface area contributed by atoms with Crippen molar-refractivity contribution in [1.29, 1.82) is 0 Å². The third-order valence-electron chi connectivity index (χ3n) is 3.60. The van der Waals surface area contributed by atoms with Crippen LogP contribution in [0.15, 0.2) is 40.8 Å². The van der Waals surface area contributed by atoms with E-state index < -0.39 is 0 Å². The van der Waals surface area contributed by atoms with Gasteiger partial charge in [-0.05, 0) is 36.5 Å². The van der Waals surface area contributed by atoms with Gasteiger partial charge in [0.05, 0.1) is 26.8 Å². The highest BCUT2D eigenvalue weighted by atomic mass is 32.1. The number of aromatic nitrogens is 1. The molecule has 2 aromatic carbocycles. The lowest BCUT2D eigenvalue weighted by Gasteiger charge is -2.13. The van der Waals surface area contributed by atoms with Gasteiger partial charge in [-0.2, -0.15) is 0 Å². The molecule has 1 aromatic heterocycles. The molecule has 0 saturated heterocycles. The molecule has 0 radical (unpaired) electrons. The third-order valence-corrected chi connectivity index (χ3v) is 3.87. The minimum atomic E-state index is -0.343. The molecule has 0 aliphatic rings. The van der Waals surface area contributed by atoms with Gasteiger partial charge in [-0.3, -0.25) is 4.79 Å². The molecule has 0 aliphatic carbocycles. The third kappa shape index (κ3) is 2.52. The molecule has 0 fully saturated rings. The van der Waals surface area contributed by atoms with E-state index in [1.165, 1.54) is 25.9 Å². The number of methoxy groups -OCH3 is 3. The van der Waals surface area contributed by atoms with Crippen LogP contribution >= 0.6 is 12.2 Å². The standard InChI is InChI=1S/C17H15NO5S/c1-20-13-8-10(9-14(21-2)15(13)22-3)16(19)18-11-6-4-5-7-12(11)23-17(18)24/h4-9H,1-3H3. The van der Waals surface area contributed by atoms with E-state index in [9.17, 15) is 4.79 Å². The molecule has 0 amide bonds. The summed E-state index contributed by atoms with van der Waals surface area (Å²) in [5.74, 6) is 0.848. The first-order valence-corrected chi connectivity index (χ1v) is 7.46. The number of benzene rings is 2. The fraction of sp³-hybridized carbons (Fsp3) is 0.176. The van der Waals surface area contributed by atoms with Gasteiger partial charge < -0.3 is 18.6 Å². The Labute approximate surface area is 143 Å². The molecule has 0 unspecified atom stereocenters. The quantitative estimate of drug-likeness (QED) is 0.672. The molecule has 6 nitrogen and oxygen atoms in total. The Kier molecular flexibility index (Phi) is 4.26. The van der Waals surface area contributed by atoms with Crippen molar-refractivity contribution in [2.75, 3.05) is 21.3 Å². The summed E-state index contributed by atoms with van der Waals surface area (Å²) in [6.45, 7) is 0. The van der Waals surface area contributed by atoms with Crippen LogP contribution in [0.2, 0.25) is 0 Å². The van der Waals surface area contributed by atoms with Gasteiger partial charge in [0.1, 0.15) is 0 Å². The predicted molar refractivity (Wildman–Crippen MR) is 90.9 cm³/mol. The maximum Gasteiger partial charge on any atom is 0.276 e. The van der Waals surface area contributed by atoms with Crippen molar-refractivity contribution in [3.63, 3.8) is 0 Å². The molecule has 0 atom stereocenters. The number of nitrogens with zero attached hydrogens (tertiary/aromatic N) is 1. The number of oxazole rings is 1. The molecule has 0 saturated carbocycles. The highest BCUT2D eigenvalue weighted by Gasteiger charge is 2.20. The Morgan fingerprint density at radius 1 is 1.04 bits per heavy atom. The number of carbonyl (C=O) groups excluding carboxylic acids is 1. The van der Waals surface area contributed by atoms with Crippen molar-refractivity contribution in [3.8, 4) is 17.2 Å². The van der Waals surface area contributed by atoms with Crippen molar-refractivity contribution in [2.24, 2.45) is 0 Å². The zero-order chi connectivity index (χ0) is 17.3. The number of hydrogen-bond donors (Lipinski definition) is 0. The average Bonchev–Trinajstić information content (AvgIpc) is 2.95. The summed E-state index contributed by atoms with van der Waals surface area (Å²) in [5.41, 5.74) is 1.48. The summed E-state index contributed by atoms with van der Waals surface area (Å²) < 4.78 is 22.7. The monoisotopic (exact) mass is 345 g/mol. The second-order valence-corrected chi connectivity index (χ2v) is 5.24. The summed E-state index contributed by atoms with van der Waals surface area (Å²) in [6, 6.07) is 10.3. The predicted octanol–water partition coefficient (Wildman–Crippen LogP) is 3.68. The average molecular weight is 345 g/mol. The highest BCUT2D eigenvalue weighted by molar-refractivity contribution is 7.71. The summed E-state index contributed by atoms with van der Waals surface area (Å²) in [6.07, 6.45) is 0. The molecule has 24 heavy (non-hydrogen) atoms. The minimum Gasteiger partial charge on any atom is -0.493 e. The van der Waals surface area contributed by atoms with Gasteiger partial charge in [0.2, 0.25) is 5.75 Å². The van der Waals surface area contributed by atoms with Gasteiger partial charge in [-0.25, -0.2) is 4.57 Å². The van der Waals surface area contributed by atoms with Gasteiger partial charge in [0.15, 0.2) is 17.1 Å². The Morgan fingerprint density at radius 3 is 2.25 bits per heavy atom. The van der Waals surface area contributed by atoms with Crippen LogP contribution in [-0.2, 0) is 0 Å². The summed E-state index contributed by atoms with van der Waals surface area (Å²) >= 11 is 5.19. The van der Waals surface area contributed by atoms with Crippen LogP contribution in [0.1, 0.15) is 10.4 Å². The molecule has 0 aliphatic heterocycles. The Bertz CT molecular complexity index is 948. The van der Waals surface area contributed by atoms with E-state index in [1.807, 2.05) is 12.1 Å². The number of para-hydroxylation sites is 2. The van der Waals surface area contributed by atoms with Crippen LogP contribution < -0.4 is 14.2 Å². The van der Waals surface area contributed by atoms with Gasteiger partial charge in [-0.1, -0.05) is 12.1 Å². The van der Waals surface area contributed by atoms with E-state index >= 15 is 0 Å². The van der Waals surface area contributed by atoms with Crippen molar-refractivity contribution in [2.45, 2.75) is 0 Å². The molecule has 0 N–H and O–H groups in total. The van der Waals surface area contributed by atoms with Crippen LogP contribution in [0.25, 0.3) is 11.1 Å². The first kappa shape index (κ1) is 16.1. The highest BCUT2D eigenvalue weighted by Crippen LogP contribution is 2.38. The second kappa shape index (κ2) is 6.37. The van der Waals surface area contributed by atoms with E-state index in [-0.39, 0.29) is 10.7 Å². The molecule has 7 heteroatoms. The Hall–Kier alpha value is -2.80. The minimum absolute atomic E-state index is 0.0787. The topological polar surface area (TPSA) is 62.8 Å². The van der Waals surface area contributed by atoms with E-state index in [1.54, 1.807) is 24.3 Å². The lowest BCUT2D eigenvalue weighted by atomic mass is 10.1. The van der Waals surface area contributed by atoms with Crippen LogP contribution in [0.4, 0.5) is 0 Å². The fourth-order valence-corrected chi connectivity index (χ4v) is 2.76. The van der Waals surface area contributed by atoms with E-state index in [0.717, 1.165) is 0 Å². The molecular formula is C17H15NO5S. The molecule has 0 spiro atoms. The summed E-state index contributed by atoms with van der Waals surface area (Å²) in [4.78, 5) is 13.0.